The topological polar surface area (TPSA) is 145 Å². The number of rotatable bonds is 11. The summed E-state index contributed by atoms with van der Waals surface area (Å²) < 4.78 is 37.8. The molecular weight excluding hydrogens is 500 g/mol. The number of carbonyl (C=O) groups is 4. The fraction of sp³-hybridized carbons (Fsp3) is 0.154. The Balaban J connectivity index is 1.73. The van der Waals surface area contributed by atoms with E-state index in [1.165, 1.54) is 12.1 Å². The van der Waals surface area contributed by atoms with Crippen LogP contribution >= 0.6 is 0 Å². The van der Waals surface area contributed by atoms with Gasteiger partial charge in [-0.25, -0.2) is 27.5 Å². The van der Waals surface area contributed by atoms with Crippen LogP contribution in [0.3, 0.4) is 0 Å². The molecule has 2 atom stereocenters. The van der Waals surface area contributed by atoms with E-state index in [0.29, 0.717) is 17.4 Å². The summed E-state index contributed by atoms with van der Waals surface area (Å²) in [7, 11) is -4.33. The Morgan fingerprint density at radius 1 is 0.838 bits per heavy atom. The summed E-state index contributed by atoms with van der Waals surface area (Å²) in [6.07, 6.45) is -0.948. The van der Waals surface area contributed by atoms with Gasteiger partial charge in [-0.1, -0.05) is 78.9 Å². The SMILES string of the molecule is O=CC(NS(=O)(=O)CC(NC(=O)OC(=O)c1ccccc1)C(=O)OCc1ccccc1)c1ccccc1. The highest BCUT2D eigenvalue weighted by atomic mass is 32.2. The van der Waals surface area contributed by atoms with Crippen molar-refractivity contribution in [3.05, 3.63) is 108 Å². The first-order valence-electron chi connectivity index (χ1n) is 11.1. The molecule has 3 aromatic carbocycles. The van der Waals surface area contributed by atoms with Gasteiger partial charge in [0.05, 0.1) is 11.3 Å². The zero-order chi connectivity index (χ0) is 26.7. The van der Waals surface area contributed by atoms with E-state index in [1.807, 2.05) is 0 Å². The van der Waals surface area contributed by atoms with Crippen molar-refractivity contribution in [1.29, 1.82) is 0 Å². The summed E-state index contributed by atoms with van der Waals surface area (Å²) in [6.45, 7) is -0.190. The summed E-state index contributed by atoms with van der Waals surface area (Å²) in [5, 5.41) is 2.08. The Labute approximate surface area is 213 Å². The van der Waals surface area contributed by atoms with Gasteiger partial charge >= 0.3 is 18.0 Å². The number of ether oxygens (including phenoxy) is 2. The lowest BCUT2D eigenvalue weighted by Gasteiger charge is -2.19. The number of hydrogen-bond acceptors (Lipinski definition) is 8. The molecule has 10 nitrogen and oxygen atoms in total. The number of esters is 2. The highest BCUT2D eigenvalue weighted by molar-refractivity contribution is 7.89. The molecule has 2 N–H and O–H groups in total. The Morgan fingerprint density at radius 3 is 2.00 bits per heavy atom. The second kappa shape index (κ2) is 13.1. The summed E-state index contributed by atoms with van der Waals surface area (Å²) in [5.41, 5.74) is 1.08. The molecule has 0 saturated carbocycles. The van der Waals surface area contributed by atoms with Crippen molar-refractivity contribution in [2.45, 2.75) is 18.7 Å². The minimum Gasteiger partial charge on any atom is -0.459 e. The van der Waals surface area contributed by atoms with Gasteiger partial charge in [-0.05, 0) is 23.3 Å². The maximum Gasteiger partial charge on any atom is 0.415 e. The standard InChI is InChI=1S/C26H24N2O8S/c29-16-22(20-12-6-2-7-13-20)28-37(33,34)18-23(25(31)35-17-19-10-4-1-5-11-19)27-26(32)36-24(30)21-14-8-3-9-15-21/h1-16,22-23,28H,17-18H2,(H,27,32). The average molecular weight is 525 g/mol. The van der Waals surface area contributed by atoms with Crippen LogP contribution in [0.15, 0.2) is 91.0 Å². The number of benzene rings is 3. The molecule has 0 aliphatic carbocycles. The average Bonchev–Trinajstić information content (AvgIpc) is 2.91. The van der Waals surface area contributed by atoms with Crippen molar-refractivity contribution >= 4 is 34.3 Å². The normalized spacial score (nSPS) is 12.5. The minimum absolute atomic E-state index is 0.0758. The summed E-state index contributed by atoms with van der Waals surface area (Å²) >= 11 is 0. The quantitative estimate of drug-likeness (QED) is 0.221. The number of sulfonamides is 1. The predicted octanol–water partition coefficient (Wildman–Crippen LogP) is 2.52. The molecule has 0 aliphatic heterocycles. The second-order valence-corrected chi connectivity index (χ2v) is 9.56. The third-order valence-corrected chi connectivity index (χ3v) is 6.37. The molecule has 2 unspecified atom stereocenters. The van der Waals surface area contributed by atoms with Crippen molar-refractivity contribution in [3.8, 4) is 0 Å². The Morgan fingerprint density at radius 2 is 1.41 bits per heavy atom. The zero-order valence-corrected chi connectivity index (χ0v) is 20.3. The Bertz CT molecular complexity index is 1320. The van der Waals surface area contributed by atoms with Crippen molar-refractivity contribution in [3.63, 3.8) is 0 Å². The maximum absolute atomic E-state index is 12.9. The number of hydrogen-bond donors (Lipinski definition) is 2. The van der Waals surface area contributed by atoms with Crippen LogP contribution in [0.25, 0.3) is 0 Å². The molecule has 3 aromatic rings. The van der Waals surface area contributed by atoms with Crippen molar-refractivity contribution < 1.29 is 37.1 Å². The molecule has 37 heavy (non-hydrogen) atoms. The highest BCUT2D eigenvalue weighted by Crippen LogP contribution is 2.12. The van der Waals surface area contributed by atoms with Crippen LogP contribution < -0.4 is 10.0 Å². The van der Waals surface area contributed by atoms with E-state index in [9.17, 15) is 27.6 Å². The van der Waals surface area contributed by atoms with Gasteiger partial charge in [0.2, 0.25) is 10.0 Å². The Hall–Kier alpha value is -4.35. The fourth-order valence-electron chi connectivity index (χ4n) is 3.18. The molecule has 3 rings (SSSR count). The van der Waals surface area contributed by atoms with Gasteiger partial charge in [0.25, 0.3) is 0 Å². The monoisotopic (exact) mass is 524 g/mol. The van der Waals surface area contributed by atoms with Gasteiger partial charge in [0, 0.05) is 0 Å². The van der Waals surface area contributed by atoms with Crippen LogP contribution in [-0.2, 0) is 35.7 Å². The fourth-order valence-corrected chi connectivity index (χ4v) is 4.52. The summed E-state index contributed by atoms with van der Waals surface area (Å²) in [5.74, 6) is -3.06. The third-order valence-electron chi connectivity index (χ3n) is 4.98. The first-order chi connectivity index (χ1) is 17.8. The van der Waals surface area contributed by atoms with E-state index in [0.717, 1.165) is 0 Å². The number of aldehydes is 1. The molecule has 0 aliphatic rings. The zero-order valence-electron chi connectivity index (χ0n) is 19.5. The van der Waals surface area contributed by atoms with E-state index in [1.54, 1.807) is 78.9 Å². The van der Waals surface area contributed by atoms with Crippen molar-refractivity contribution in [2.75, 3.05) is 5.75 Å². The lowest BCUT2D eigenvalue weighted by Crippen LogP contribution is -2.49. The number of nitrogens with one attached hydrogen (secondary N) is 2. The van der Waals surface area contributed by atoms with Crippen LogP contribution in [0.5, 0.6) is 0 Å². The molecule has 0 bridgehead atoms. The van der Waals surface area contributed by atoms with Crippen LogP contribution in [0, 0.1) is 0 Å². The largest absolute Gasteiger partial charge is 0.459 e. The van der Waals surface area contributed by atoms with Crippen molar-refractivity contribution in [1.82, 2.24) is 10.0 Å². The maximum atomic E-state index is 12.9. The van der Waals surface area contributed by atoms with E-state index >= 15 is 0 Å². The minimum atomic E-state index is -4.33. The first kappa shape index (κ1) is 27.2. The molecule has 0 radical (unpaired) electrons. The number of amides is 1. The molecule has 0 spiro atoms. The van der Waals surface area contributed by atoms with Crippen molar-refractivity contribution in [2.24, 2.45) is 0 Å². The molecule has 0 saturated heterocycles. The summed E-state index contributed by atoms with van der Waals surface area (Å²) in [6, 6.07) is 21.3. The molecule has 1 amide bonds. The van der Waals surface area contributed by atoms with Gasteiger partial charge in [-0.15, -0.1) is 0 Å². The van der Waals surface area contributed by atoms with Crippen LogP contribution in [0.2, 0.25) is 0 Å². The lowest BCUT2D eigenvalue weighted by molar-refractivity contribution is -0.146. The van der Waals surface area contributed by atoms with Gasteiger partial charge < -0.3 is 19.6 Å². The van der Waals surface area contributed by atoms with Crippen LogP contribution in [0.4, 0.5) is 4.79 Å². The number of alkyl carbamates (subject to hydrolysis) is 1. The molecule has 0 heterocycles. The van der Waals surface area contributed by atoms with Crippen LogP contribution in [-0.4, -0.2) is 44.5 Å². The first-order valence-corrected chi connectivity index (χ1v) is 12.7. The van der Waals surface area contributed by atoms with E-state index in [-0.39, 0.29) is 12.2 Å². The third kappa shape index (κ3) is 8.67. The molecular formula is C26H24N2O8S. The molecule has 11 heteroatoms. The van der Waals surface area contributed by atoms with Gasteiger partial charge in [0.1, 0.15) is 25.0 Å². The second-order valence-electron chi connectivity index (χ2n) is 7.76. The smallest absolute Gasteiger partial charge is 0.415 e. The molecule has 0 aromatic heterocycles. The molecule has 0 fully saturated rings. The van der Waals surface area contributed by atoms with Gasteiger partial charge in [-0.2, -0.15) is 0 Å². The number of carbonyl (C=O) groups excluding carboxylic acids is 4. The Kier molecular flexibility index (Phi) is 9.64. The highest BCUT2D eigenvalue weighted by Gasteiger charge is 2.31. The lowest BCUT2D eigenvalue weighted by atomic mass is 10.1. The van der Waals surface area contributed by atoms with E-state index < -0.39 is 45.9 Å². The van der Waals surface area contributed by atoms with E-state index in [2.05, 4.69) is 10.0 Å². The van der Waals surface area contributed by atoms with Gasteiger partial charge in [0.15, 0.2) is 0 Å². The molecule has 192 valence electrons. The van der Waals surface area contributed by atoms with Crippen LogP contribution in [0.1, 0.15) is 27.5 Å². The summed E-state index contributed by atoms with van der Waals surface area (Å²) in [4.78, 5) is 48.9. The predicted molar refractivity (Wildman–Crippen MR) is 133 cm³/mol. The van der Waals surface area contributed by atoms with Gasteiger partial charge in [-0.3, -0.25) is 0 Å². The van der Waals surface area contributed by atoms with E-state index in [4.69, 9.17) is 9.47 Å².